The first-order chi connectivity index (χ1) is 9.28. The third-order valence-electron chi connectivity index (χ3n) is 3.45. The van der Waals surface area contributed by atoms with Gasteiger partial charge >= 0.3 is 0 Å². The van der Waals surface area contributed by atoms with Gasteiger partial charge in [-0.1, -0.05) is 0 Å². The quantitative estimate of drug-likeness (QED) is 0.767. The van der Waals surface area contributed by atoms with E-state index in [2.05, 4.69) is 10.3 Å². The number of nitrogens with one attached hydrogen (secondary N) is 1. The Bertz CT molecular complexity index is 379. The summed E-state index contributed by atoms with van der Waals surface area (Å²) in [6.45, 7) is 1.50. The second-order valence-electron chi connectivity index (χ2n) is 4.92. The minimum Gasteiger partial charge on any atom is -0.481 e. The van der Waals surface area contributed by atoms with E-state index < -0.39 is 0 Å². The average Bonchev–Trinajstić information content (AvgIpc) is 2.46. The number of methoxy groups -OCH3 is 1. The fourth-order valence-electron chi connectivity index (χ4n) is 2.31. The Morgan fingerprint density at radius 3 is 2.89 bits per heavy atom. The fraction of sp³-hybridized carbons (Fsp3) is 0.643. The van der Waals surface area contributed by atoms with E-state index in [1.165, 1.54) is 0 Å². The summed E-state index contributed by atoms with van der Waals surface area (Å²) in [5.74, 6) is 0.618. The van der Waals surface area contributed by atoms with Crippen LogP contribution < -0.4 is 15.8 Å². The van der Waals surface area contributed by atoms with Crippen molar-refractivity contribution in [3.8, 4) is 5.88 Å². The average molecular weight is 265 g/mol. The number of nitrogens with zero attached hydrogens (tertiary/aromatic N) is 1. The van der Waals surface area contributed by atoms with E-state index in [1.54, 1.807) is 13.3 Å². The van der Waals surface area contributed by atoms with E-state index in [-0.39, 0.29) is 0 Å². The lowest BCUT2D eigenvalue weighted by Gasteiger charge is -2.26. The smallest absolute Gasteiger partial charge is 0.214 e. The Kier molecular flexibility index (Phi) is 5.42. The van der Waals surface area contributed by atoms with Gasteiger partial charge in [-0.3, -0.25) is 0 Å². The van der Waals surface area contributed by atoms with Crippen molar-refractivity contribution in [2.24, 2.45) is 5.73 Å². The minimum atomic E-state index is 0.377. The zero-order valence-electron chi connectivity index (χ0n) is 11.5. The van der Waals surface area contributed by atoms with Crippen molar-refractivity contribution in [3.05, 3.63) is 18.3 Å². The van der Waals surface area contributed by atoms with Crippen LogP contribution in [0.5, 0.6) is 5.88 Å². The lowest BCUT2D eigenvalue weighted by molar-refractivity contribution is 0.0313. The number of rotatable bonds is 6. The van der Waals surface area contributed by atoms with Gasteiger partial charge in [0.25, 0.3) is 0 Å². The van der Waals surface area contributed by atoms with Gasteiger partial charge in [0.2, 0.25) is 5.88 Å². The van der Waals surface area contributed by atoms with Crippen LogP contribution in [0.3, 0.4) is 0 Å². The highest BCUT2D eigenvalue weighted by Crippen LogP contribution is 2.19. The summed E-state index contributed by atoms with van der Waals surface area (Å²) in [6.07, 6.45) is 6.45. The van der Waals surface area contributed by atoms with E-state index >= 15 is 0 Å². The molecule has 0 radical (unpaired) electrons. The third-order valence-corrected chi connectivity index (χ3v) is 3.45. The normalized spacial score (nSPS) is 23.1. The molecule has 0 bridgehead atoms. The molecule has 1 aromatic rings. The molecule has 5 heteroatoms. The number of hydrogen-bond donors (Lipinski definition) is 2. The molecule has 2 rings (SSSR count). The van der Waals surface area contributed by atoms with Crippen molar-refractivity contribution < 1.29 is 9.47 Å². The zero-order chi connectivity index (χ0) is 13.5. The van der Waals surface area contributed by atoms with Gasteiger partial charge in [-0.25, -0.2) is 4.98 Å². The zero-order valence-corrected chi connectivity index (χ0v) is 11.5. The Morgan fingerprint density at radius 1 is 1.37 bits per heavy atom. The molecule has 1 aromatic heterocycles. The molecule has 19 heavy (non-hydrogen) atoms. The van der Waals surface area contributed by atoms with Crippen LogP contribution in [0.25, 0.3) is 0 Å². The highest BCUT2D eigenvalue weighted by atomic mass is 16.5. The molecule has 1 saturated carbocycles. The molecule has 5 nitrogen and oxygen atoms in total. The molecule has 106 valence electrons. The van der Waals surface area contributed by atoms with Crippen molar-refractivity contribution in [1.29, 1.82) is 0 Å². The van der Waals surface area contributed by atoms with Gasteiger partial charge in [0.15, 0.2) is 0 Å². The molecule has 0 aromatic carbocycles. The molecular weight excluding hydrogens is 242 g/mol. The van der Waals surface area contributed by atoms with Crippen LogP contribution in [-0.2, 0) is 4.74 Å². The van der Waals surface area contributed by atoms with E-state index in [1.807, 2.05) is 12.1 Å². The lowest BCUT2D eigenvalue weighted by Crippen LogP contribution is -2.31. The molecule has 0 atom stereocenters. The van der Waals surface area contributed by atoms with Crippen LogP contribution in [-0.4, -0.2) is 37.4 Å². The molecule has 0 unspecified atom stereocenters. The largest absolute Gasteiger partial charge is 0.481 e. The van der Waals surface area contributed by atoms with Crippen LogP contribution in [0.15, 0.2) is 18.3 Å². The van der Waals surface area contributed by atoms with Crippen LogP contribution in [0.2, 0.25) is 0 Å². The fourth-order valence-corrected chi connectivity index (χ4v) is 2.31. The molecule has 1 aliphatic carbocycles. The van der Waals surface area contributed by atoms with Gasteiger partial charge < -0.3 is 20.5 Å². The predicted molar refractivity (Wildman–Crippen MR) is 75.5 cm³/mol. The maximum absolute atomic E-state index is 5.87. The van der Waals surface area contributed by atoms with Crippen LogP contribution >= 0.6 is 0 Å². The first kappa shape index (κ1) is 14.1. The molecule has 0 spiro atoms. The molecule has 3 N–H and O–H groups in total. The van der Waals surface area contributed by atoms with E-state index in [0.29, 0.717) is 24.6 Å². The molecule has 1 heterocycles. The van der Waals surface area contributed by atoms with Crippen molar-refractivity contribution in [2.75, 3.05) is 25.6 Å². The second-order valence-corrected chi connectivity index (χ2v) is 4.92. The van der Waals surface area contributed by atoms with E-state index in [9.17, 15) is 0 Å². The number of aromatic nitrogens is 1. The highest BCUT2D eigenvalue weighted by Gasteiger charge is 2.18. The SMILES string of the molecule is COc1cc(NCCOC2CCC(N)CC2)ccn1. The molecule has 1 aliphatic rings. The van der Waals surface area contributed by atoms with Crippen LogP contribution in [0.4, 0.5) is 5.69 Å². The summed E-state index contributed by atoms with van der Waals surface area (Å²) in [5.41, 5.74) is 6.87. The Hall–Kier alpha value is -1.33. The van der Waals surface area contributed by atoms with Gasteiger partial charge in [-0.15, -0.1) is 0 Å². The van der Waals surface area contributed by atoms with Crippen LogP contribution in [0.1, 0.15) is 25.7 Å². The number of pyridine rings is 1. The maximum Gasteiger partial charge on any atom is 0.214 e. The van der Waals surface area contributed by atoms with Crippen molar-refractivity contribution in [2.45, 2.75) is 37.8 Å². The van der Waals surface area contributed by atoms with E-state index in [4.69, 9.17) is 15.2 Å². The molecule has 0 aliphatic heterocycles. The maximum atomic E-state index is 5.87. The first-order valence-electron chi connectivity index (χ1n) is 6.89. The van der Waals surface area contributed by atoms with Crippen molar-refractivity contribution >= 4 is 5.69 Å². The minimum absolute atomic E-state index is 0.377. The number of ether oxygens (including phenoxy) is 2. The summed E-state index contributed by atoms with van der Waals surface area (Å²) in [6, 6.07) is 4.17. The van der Waals surface area contributed by atoms with Crippen molar-refractivity contribution in [3.63, 3.8) is 0 Å². The molecule has 0 amide bonds. The summed E-state index contributed by atoms with van der Waals surface area (Å²) < 4.78 is 10.9. The molecule has 0 saturated heterocycles. The third kappa shape index (κ3) is 4.69. The second kappa shape index (κ2) is 7.31. The Labute approximate surface area is 114 Å². The summed E-state index contributed by atoms with van der Waals surface area (Å²) in [4.78, 5) is 4.06. The summed E-state index contributed by atoms with van der Waals surface area (Å²) >= 11 is 0. The van der Waals surface area contributed by atoms with Gasteiger partial charge in [0, 0.05) is 30.5 Å². The number of nitrogens with two attached hydrogens (primary N) is 1. The van der Waals surface area contributed by atoms with Crippen LogP contribution in [0, 0.1) is 0 Å². The summed E-state index contributed by atoms with van der Waals surface area (Å²) in [5, 5.41) is 3.30. The number of hydrogen-bond acceptors (Lipinski definition) is 5. The first-order valence-corrected chi connectivity index (χ1v) is 6.89. The topological polar surface area (TPSA) is 69.4 Å². The Morgan fingerprint density at radius 2 is 2.16 bits per heavy atom. The van der Waals surface area contributed by atoms with Gasteiger partial charge in [-0.05, 0) is 31.7 Å². The highest BCUT2D eigenvalue weighted by molar-refractivity contribution is 5.44. The predicted octanol–water partition coefficient (Wildman–Crippen LogP) is 1.79. The van der Waals surface area contributed by atoms with Crippen molar-refractivity contribution in [1.82, 2.24) is 4.98 Å². The summed E-state index contributed by atoms with van der Waals surface area (Å²) in [7, 11) is 1.61. The standard InChI is InChI=1S/C14H23N3O2/c1-18-14-10-12(6-7-17-14)16-8-9-19-13-4-2-11(15)3-5-13/h6-7,10-11,13H,2-5,8-9,15H2,1H3,(H,16,17). The van der Waals surface area contributed by atoms with Gasteiger partial charge in [0.05, 0.1) is 19.8 Å². The number of anilines is 1. The van der Waals surface area contributed by atoms with Gasteiger partial charge in [-0.2, -0.15) is 0 Å². The molecule has 1 fully saturated rings. The van der Waals surface area contributed by atoms with E-state index in [0.717, 1.165) is 37.9 Å². The van der Waals surface area contributed by atoms with Gasteiger partial charge in [0.1, 0.15) is 0 Å². The molecular formula is C14H23N3O2. The Balaban J connectivity index is 1.63. The lowest BCUT2D eigenvalue weighted by atomic mass is 9.94. The monoisotopic (exact) mass is 265 g/mol.